The van der Waals surface area contributed by atoms with Gasteiger partial charge in [-0.1, -0.05) is 30.3 Å². The van der Waals surface area contributed by atoms with Gasteiger partial charge in [-0.15, -0.1) is 0 Å². The molecule has 2 aromatic rings. The summed E-state index contributed by atoms with van der Waals surface area (Å²) in [6, 6.07) is 13.3. The van der Waals surface area contributed by atoms with Crippen LogP contribution in [-0.2, 0) is 14.3 Å². The Morgan fingerprint density at radius 2 is 1.83 bits per heavy atom. The Labute approximate surface area is 176 Å². The molecule has 0 aromatic heterocycles. The van der Waals surface area contributed by atoms with E-state index in [0.717, 1.165) is 16.7 Å². The van der Waals surface area contributed by atoms with E-state index < -0.39 is 0 Å². The monoisotopic (exact) mass is 406 g/mol. The van der Waals surface area contributed by atoms with E-state index >= 15 is 0 Å². The third-order valence-electron chi connectivity index (χ3n) is 5.88. The van der Waals surface area contributed by atoms with Gasteiger partial charge in [0.05, 0.1) is 11.5 Å². The van der Waals surface area contributed by atoms with Crippen LogP contribution in [0, 0.1) is 26.7 Å². The molecule has 0 amide bonds. The van der Waals surface area contributed by atoms with Gasteiger partial charge in [-0.05, 0) is 62.4 Å². The summed E-state index contributed by atoms with van der Waals surface area (Å²) in [7, 11) is 0. The molecule has 3 atom stereocenters. The lowest BCUT2D eigenvalue weighted by molar-refractivity contribution is -0.132. The van der Waals surface area contributed by atoms with Crippen molar-refractivity contribution in [1.82, 2.24) is 0 Å². The number of hydrogen-bond acceptors (Lipinski definition) is 5. The van der Waals surface area contributed by atoms with Gasteiger partial charge in [0.1, 0.15) is 24.2 Å². The molecule has 2 aliphatic rings. The molecular formula is C25H26O5. The third kappa shape index (κ3) is 4.11. The lowest BCUT2D eigenvalue weighted by Crippen LogP contribution is -2.43. The molecule has 3 unspecified atom stereocenters. The number of carbonyl (C=O) groups excluding carboxylic acids is 2. The van der Waals surface area contributed by atoms with Crippen LogP contribution in [0.4, 0.5) is 0 Å². The van der Waals surface area contributed by atoms with Crippen molar-refractivity contribution in [2.75, 3.05) is 0 Å². The normalized spacial score (nSPS) is 23.1. The highest BCUT2D eigenvalue weighted by atomic mass is 16.6. The number of ether oxygens (including phenoxy) is 3. The van der Waals surface area contributed by atoms with E-state index in [4.69, 9.17) is 14.2 Å². The Balaban J connectivity index is 1.41. The number of carbonyl (C=O) groups is 2. The number of aryl methyl sites for hydroxylation is 3. The molecule has 0 saturated heterocycles. The number of allylic oxidation sites excluding steroid dienone is 1. The summed E-state index contributed by atoms with van der Waals surface area (Å²) in [5.41, 5.74) is 3.48. The summed E-state index contributed by atoms with van der Waals surface area (Å²) in [6.07, 6.45) is 2.58. The van der Waals surface area contributed by atoms with Crippen LogP contribution in [0.3, 0.4) is 0 Å². The van der Waals surface area contributed by atoms with Crippen molar-refractivity contribution in [3.63, 3.8) is 0 Å². The SMILES string of the molecule is Cc1ccc(C)c(OC2=COC3CC(OC(=O)c4ccccc4C)CCC3C2=O)c1. The Bertz CT molecular complexity index is 1010. The molecule has 2 aromatic carbocycles. The maximum absolute atomic E-state index is 13.0. The second kappa shape index (κ2) is 8.34. The lowest BCUT2D eigenvalue weighted by Gasteiger charge is -2.36. The molecule has 0 radical (unpaired) electrons. The zero-order chi connectivity index (χ0) is 21.3. The highest BCUT2D eigenvalue weighted by Crippen LogP contribution is 2.36. The average molecular weight is 406 g/mol. The molecule has 1 fully saturated rings. The van der Waals surface area contributed by atoms with Crippen molar-refractivity contribution in [1.29, 1.82) is 0 Å². The van der Waals surface area contributed by atoms with E-state index in [1.54, 1.807) is 6.07 Å². The van der Waals surface area contributed by atoms with Gasteiger partial charge in [0.25, 0.3) is 0 Å². The molecule has 1 heterocycles. The van der Waals surface area contributed by atoms with Gasteiger partial charge in [0.15, 0.2) is 0 Å². The lowest BCUT2D eigenvalue weighted by atomic mass is 9.80. The fourth-order valence-corrected chi connectivity index (χ4v) is 4.07. The van der Waals surface area contributed by atoms with Crippen molar-refractivity contribution in [2.24, 2.45) is 5.92 Å². The van der Waals surface area contributed by atoms with Gasteiger partial charge in [-0.2, -0.15) is 0 Å². The molecule has 0 N–H and O–H groups in total. The number of fused-ring (bicyclic) bond motifs is 1. The summed E-state index contributed by atoms with van der Waals surface area (Å²) >= 11 is 0. The number of benzene rings is 2. The van der Waals surface area contributed by atoms with Gasteiger partial charge in [-0.25, -0.2) is 4.79 Å². The van der Waals surface area contributed by atoms with Crippen LogP contribution < -0.4 is 4.74 Å². The Hall–Kier alpha value is -3.08. The molecule has 5 heteroatoms. The molecule has 156 valence electrons. The zero-order valence-electron chi connectivity index (χ0n) is 17.5. The first kappa shape index (κ1) is 20.2. The Morgan fingerprint density at radius 3 is 2.63 bits per heavy atom. The molecular weight excluding hydrogens is 380 g/mol. The van der Waals surface area contributed by atoms with Gasteiger partial charge < -0.3 is 14.2 Å². The first-order valence-electron chi connectivity index (χ1n) is 10.3. The number of Topliss-reactive ketones (excluding diaryl/α,β-unsaturated/α-hetero) is 1. The van der Waals surface area contributed by atoms with Crippen LogP contribution in [0.15, 0.2) is 54.5 Å². The quantitative estimate of drug-likeness (QED) is 0.681. The summed E-state index contributed by atoms with van der Waals surface area (Å²) in [6.45, 7) is 5.81. The smallest absolute Gasteiger partial charge is 0.338 e. The first-order valence-corrected chi connectivity index (χ1v) is 10.3. The van der Waals surface area contributed by atoms with Crippen LogP contribution in [0.2, 0.25) is 0 Å². The topological polar surface area (TPSA) is 61.8 Å². The fraction of sp³-hybridized carbons (Fsp3) is 0.360. The van der Waals surface area contributed by atoms with E-state index in [0.29, 0.717) is 30.6 Å². The molecule has 0 bridgehead atoms. The summed E-state index contributed by atoms with van der Waals surface area (Å²) in [5.74, 6) is 0.255. The standard InChI is InChI=1S/C25H26O5/c1-15-8-9-17(3)21(12-15)30-23-14-28-22-13-18(10-11-20(22)24(23)26)29-25(27)19-7-5-4-6-16(19)2/h4-9,12,14,18,20,22H,10-11,13H2,1-3H3. The highest BCUT2D eigenvalue weighted by molar-refractivity contribution is 5.96. The van der Waals surface area contributed by atoms with E-state index in [2.05, 4.69) is 0 Å². The summed E-state index contributed by atoms with van der Waals surface area (Å²) in [4.78, 5) is 25.5. The maximum atomic E-state index is 13.0. The second-order valence-electron chi connectivity index (χ2n) is 8.15. The van der Waals surface area contributed by atoms with E-state index in [9.17, 15) is 9.59 Å². The van der Waals surface area contributed by atoms with Crippen LogP contribution in [0.5, 0.6) is 5.75 Å². The number of esters is 1. The maximum Gasteiger partial charge on any atom is 0.338 e. The molecule has 30 heavy (non-hydrogen) atoms. The van der Waals surface area contributed by atoms with Crippen molar-refractivity contribution < 1.29 is 23.8 Å². The second-order valence-corrected chi connectivity index (χ2v) is 8.15. The molecule has 1 aliphatic carbocycles. The van der Waals surface area contributed by atoms with Crippen molar-refractivity contribution in [3.05, 3.63) is 76.7 Å². The minimum atomic E-state index is -0.326. The van der Waals surface area contributed by atoms with E-state index in [1.807, 2.05) is 57.2 Å². The van der Waals surface area contributed by atoms with Crippen LogP contribution in [0.1, 0.15) is 46.3 Å². The predicted octanol–water partition coefficient (Wildman–Crippen LogP) is 4.83. The van der Waals surface area contributed by atoms with Gasteiger partial charge in [0, 0.05) is 6.42 Å². The zero-order valence-corrected chi connectivity index (χ0v) is 17.5. The van der Waals surface area contributed by atoms with Crippen LogP contribution in [-0.4, -0.2) is 24.0 Å². The molecule has 1 saturated carbocycles. The largest absolute Gasteiger partial charge is 0.493 e. The fourth-order valence-electron chi connectivity index (χ4n) is 4.07. The summed E-state index contributed by atoms with van der Waals surface area (Å²) < 4.78 is 17.5. The minimum Gasteiger partial charge on any atom is -0.493 e. The molecule has 5 nitrogen and oxygen atoms in total. The van der Waals surface area contributed by atoms with Crippen LogP contribution in [0.25, 0.3) is 0 Å². The minimum absolute atomic E-state index is 0.0455. The average Bonchev–Trinajstić information content (AvgIpc) is 2.73. The number of hydrogen-bond donors (Lipinski definition) is 0. The molecule has 1 aliphatic heterocycles. The predicted molar refractivity (Wildman–Crippen MR) is 112 cm³/mol. The highest BCUT2D eigenvalue weighted by Gasteiger charge is 2.42. The molecule has 0 spiro atoms. The van der Waals surface area contributed by atoms with Crippen molar-refractivity contribution in [2.45, 2.75) is 52.2 Å². The van der Waals surface area contributed by atoms with Crippen LogP contribution >= 0.6 is 0 Å². The Morgan fingerprint density at radius 1 is 1.03 bits per heavy atom. The van der Waals surface area contributed by atoms with Crippen molar-refractivity contribution >= 4 is 11.8 Å². The number of rotatable bonds is 4. The first-order chi connectivity index (χ1) is 14.4. The van der Waals surface area contributed by atoms with Crippen molar-refractivity contribution in [3.8, 4) is 5.75 Å². The van der Waals surface area contributed by atoms with Gasteiger partial charge in [-0.3, -0.25) is 4.79 Å². The Kier molecular flexibility index (Phi) is 5.62. The third-order valence-corrected chi connectivity index (χ3v) is 5.88. The summed E-state index contributed by atoms with van der Waals surface area (Å²) in [5, 5.41) is 0. The number of ketones is 1. The van der Waals surface area contributed by atoms with Gasteiger partial charge >= 0.3 is 5.97 Å². The molecule has 4 rings (SSSR count). The van der Waals surface area contributed by atoms with Gasteiger partial charge in [0.2, 0.25) is 11.5 Å². The van der Waals surface area contributed by atoms with E-state index in [-0.39, 0.29) is 35.6 Å². The van der Waals surface area contributed by atoms with E-state index in [1.165, 1.54) is 6.26 Å².